The fraction of sp³-hybridized carbons (Fsp3) is 0.286. The molecule has 3 rings (SSSR count). The molecule has 22 heavy (non-hydrogen) atoms. The van der Waals surface area contributed by atoms with E-state index in [2.05, 4.69) is 10.3 Å². The molecule has 0 amide bonds. The molecule has 1 unspecified atom stereocenters. The van der Waals surface area contributed by atoms with E-state index in [1.54, 1.807) is 6.07 Å². The summed E-state index contributed by atoms with van der Waals surface area (Å²) in [5.41, 5.74) is 0.119. The van der Waals surface area contributed by atoms with Crippen molar-refractivity contribution in [3.63, 3.8) is 0 Å². The first-order valence-corrected chi connectivity index (χ1v) is 8.43. The van der Waals surface area contributed by atoms with Gasteiger partial charge in [0.25, 0.3) is 0 Å². The maximum Gasteiger partial charge on any atom is 0.233 e. The van der Waals surface area contributed by atoms with E-state index in [1.165, 1.54) is 18.2 Å². The fourth-order valence-corrected chi connectivity index (χ4v) is 4.01. The average molecular weight is 321 g/mol. The van der Waals surface area contributed by atoms with E-state index in [0.717, 1.165) is 0 Å². The van der Waals surface area contributed by atoms with Crippen LogP contribution in [-0.4, -0.2) is 30.9 Å². The van der Waals surface area contributed by atoms with Crippen LogP contribution in [0.5, 0.6) is 0 Å². The van der Waals surface area contributed by atoms with E-state index in [1.807, 2.05) is 6.07 Å². The Morgan fingerprint density at radius 3 is 2.82 bits per heavy atom. The Morgan fingerprint density at radius 2 is 2.18 bits per heavy atom. The minimum Gasteiger partial charge on any atom is -0.419 e. The van der Waals surface area contributed by atoms with Crippen molar-refractivity contribution in [2.24, 2.45) is 0 Å². The van der Waals surface area contributed by atoms with E-state index in [4.69, 9.17) is 9.68 Å². The van der Waals surface area contributed by atoms with Crippen molar-refractivity contribution >= 4 is 15.7 Å². The number of rotatable bonds is 3. The van der Waals surface area contributed by atoms with Crippen molar-refractivity contribution < 1.29 is 17.2 Å². The first-order valence-electron chi connectivity index (χ1n) is 6.61. The molecule has 1 aliphatic rings. The van der Waals surface area contributed by atoms with Crippen LogP contribution in [0.1, 0.15) is 12.1 Å². The molecule has 6 nitrogen and oxygen atoms in total. The summed E-state index contributed by atoms with van der Waals surface area (Å²) in [7, 11) is -3.05. The lowest BCUT2D eigenvalue weighted by Gasteiger charge is -2.08. The molecule has 1 aromatic carbocycles. The van der Waals surface area contributed by atoms with Crippen LogP contribution in [0.15, 0.2) is 28.7 Å². The van der Waals surface area contributed by atoms with Crippen LogP contribution in [-0.2, 0) is 9.84 Å². The monoisotopic (exact) mass is 321 g/mol. The summed E-state index contributed by atoms with van der Waals surface area (Å²) in [5, 5.41) is 12.0. The van der Waals surface area contributed by atoms with Crippen molar-refractivity contribution in [3.8, 4) is 17.5 Å². The zero-order valence-electron chi connectivity index (χ0n) is 11.4. The number of anilines is 1. The molecule has 0 saturated carbocycles. The Kier molecular flexibility index (Phi) is 3.58. The Morgan fingerprint density at radius 1 is 1.41 bits per heavy atom. The molecule has 0 radical (unpaired) electrons. The number of nitrogens with zero attached hydrogens (tertiary/aromatic N) is 2. The van der Waals surface area contributed by atoms with E-state index >= 15 is 0 Å². The van der Waals surface area contributed by atoms with E-state index < -0.39 is 15.7 Å². The van der Waals surface area contributed by atoms with E-state index in [9.17, 15) is 12.8 Å². The highest BCUT2D eigenvalue weighted by Gasteiger charge is 2.29. The zero-order chi connectivity index (χ0) is 15.7. The highest BCUT2D eigenvalue weighted by atomic mass is 32.2. The third-order valence-electron chi connectivity index (χ3n) is 3.40. The summed E-state index contributed by atoms with van der Waals surface area (Å²) in [5.74, 6) is -0.377. The molecule has 8 heteroatoms. The Labute approximate surface area is 126 Å². The van der Waals surface area contributed by atoms with Gasteiger partial charge in [-0.1, -0.05) is 12.1 Å². The quantitative estimate of drug-likeness (QED) is 0.928. The van der Waals surface area contributed by atoms with Crippen LogP contribution >= 0.6 is 0 Å². The number of nitriles is 1. The van der Waals surface area contributed by atoms with Gasteiger partial charge >= 0.3 is 0 Å². The molecule has 1 fully saturated rings. The van der Waals surface area contributed by atoms with Gasteiger partial charge in [-0.15, -0.1) is 0 Å². The lowest BCUT2D eigenvalue weighted by molar-refractivity contribution is 0.564. The molecule has 0 aliphatic carbocycles. The first-order chi connectivity index (χ1) is 10.5. The van der Waals surface area contributed by atoms with Gasteiger partial charge in [0.1, 0.15) is 11.9 Å². The number of halogens is 1. The number of hydrogen-bond donors (Lipinski definition) is 1. The second-order valence-corrected chi connectivity index (χ2v) is 7.26. The second-order valence-electron chi connectivity index (χ2n) is 5.03. The fourth-order valence-electron chi connectivity index (χ4n) is 2.34. The summed E-state index contributed by atoms with van der Waals surface area (Å²) < 4.78 is 42.1. The lowest BCUT2D eigenvalue weighted by atomic mass is 10.2. The Hall–Kier alpha value is -2.40. The van der Waals surface area contributed by atoms with Gasteiger partial charge in [0.15, 0.2) is 9.84 Å². The van der Waals surface area contributed by atoms with E-state index in [0.29, 0.717) is 6.42 Å². The van der Waals surface area contributed by atoms with Crippen molar-refractivity contribution in [2.75, 3.05) is 16.8 Å². The topological polar surface area (TPSA) is 96.0 Å². The first kappa shape index (κ1) is 14.5. The van der Waals surface area contributed by atoms with Gasteiger partial charge in [0.05, 0.1) is 17.1 Å². The second kappa shape index (κ2) is 5.42. The number of nitrogens with one attached hydrogen (secondary N) is 1. The molecular formula is C14H12FN3O3S. The number of aromatic nitrogens is 1. The zero-order valence-corrected chi connectivity index (χ0v) is 12.2. The number of hydrogen-bond acceptors (Lipinski definition) is 6. The van der Waals surface area contributed by atoms with Crippen LogP contribution in [0.4, 0.5) is 10.3 Å². The molecule has 0 bridgehead atoms. The van der Waals surface area contributed by atoms with Crippen molar-refractivity contribution in [1.29, 1.82) is 5.26 Å². The van der Waals surface area contributed by atoms with Crippen LogP contribution in [0.25, 0.3) is 11.5 Å². The SMILES string of the molecule is N#Cc1nc(-c2ccccc2F)oc1NC1CCS(=O)(=O)C1. The molecule has 2 aromatic rings. The summed E-state index contributed by atoms with van der Waals surface area (Å²) >= 11 is 0. The van der Waals surface area contributed by atoms with Crippen LogP contribution in [0.2, 0.25) is 0 Å². The van der Waals surface area contributed by atoms with Gasteiger partial charge in [0.2, 0.25) is 17.5 Å². The normalized spacial score (nSPS) is 19.7. The van der Waals surface area contributed by atoms with Crippen molar-refractivity contribution in [3.05, 3.63) is 35.8 Å². The van der Waals surface area contributed by atoms with Gasteiger partial charge in [-0.3, -0.25) is 0 Å². The average Bonchev–Trinajstić information content (AvgIpc) is 3.03. The van der Waals surface area contributed by atoms with Crippen LogP contribution in [0, 0.1) is 17.1 Å². The van der Waals surface area contributed by atoms with Crippen molar-refractivity contribution in [2.45, 2.75) is 12.5 Å². The number of sulfone groups is 1. The smallest absolute Gasteiger partial charge is 0.233 e. The van der Waals surface area contributed by atoms with Gasteiger partial charge in [-0.05, 0) is 18.6 Å². The van der Waals surface area contributed by atoms with Gasteiger partial charge in [0, 0.05) is 6.04 Å². The number of benzene rings is 1. The minimum absolute atomic E-state index is 0.0157. The molecule has 1 saturated heterocycles. The summed E-state index contributed by atoms with van der Waals surface area (Å²) in [6.07, 6.45) is 0.433. The Balaban J connectivity index is 1.90. The molecule has 1 aromatic heterocycles. The van der Waals surface area contributed by atoms with Gasteiger partial charge < -0.3 is 9.73 Å². The standard InChI is InChI=1S/C14H12FN3O3S/c15-11-4-2-1-3-10(11)13-18-12(7-16)14(21-13)17-9-5-6-22(19,20)8-9/h1-4,9,17H,5-6,8H2. The number of oxazole rings is 1. The predicted octanol–water partition coefficient (Wildman–Crippen LogP) is 1.95. The Bertz CT molecular complexity index is 854. The maximum atomic E-state index is 13.7. The molecule has 1 aliphatic heterocycles. The third kappa shape index (κ3) is 2.80. The minimum atomic E-state index is -3.05. The third-order valence-corrected chi connectivity index (χ3v) is 5.17. The summed E-state index contributed by atoms with van der Waals surface area (Å²) in [6.45, 7) is 0. The van der Waals surface area contributed by atoms with Crippen LogP contribution in [0.3, 0.4) is 0 Å². The molecule has 0 spiro atoms. The summed E-state index contributed by atoms with van der Waals surface area (Å²) in [4.78, 5) is 3.96. The van der Waals surface area contributed by atoms with Gasteiger partial charge in [-0.2, -0.15) is 10.2 Å². The van der Waals surface area contributed by atoms with E-state index in [-0.39, 0.29) is 40.6 Å². The molecule has 1 N–H and O–H groups in total. The van der Waals surface area contributed by atoms with Crippen LogP contribution < -0.4 is 5.32 Å². The molecule has 2 heterocycles. The lowest BCUT2D eigenvalue weighted by Crippen LogP contribution is -2.20. The highest BCUT2D eigenvalue weighted by molar-refractivity contribution is 7.91. The van der Waals surface area contributed by atoms with Crippen molar-refractivity contribution in [1.82, 2.24) is 4.98 Å². The molecule has 1 atom stereocenters. The largest absolute Gasteiger partial charge is 0.419 e. The summed E-state index contributed by atoms with van der Waals surface area (Å²) in [6, 6.07) is 7.45. The predicted molar refractivity (Wildman–Crippen MR) is 77.3 cm³/mol. The maximum absolute atomic E-state index is 13.7. The molecule has 114 valence electrons. The van der Waals surface area contributed by atoms with Gasteiger partial charge in [-0.25, -0.2) is 12.8 Å². The molecular weight excluding hydrogens is 309 g/mol. The highest BCUT2D eigenvalue weighted by Crippen LogP contribution is 2.28.